The van der Waals surface area contributed by atoms with E-state index in [-0.39, 0.29) is 17.5 Å². The number of para-hydroxylation sites is 2. The molecule has 2 heterocycles. The Balaban J connectivity index is 1.26. The SMILES string of the molecule is Cc1nc2ccccc2c(=O)n1-c1ccc(C(=O)N2CCN(C(=O)Nc3ccccc3)CC2)cc1. The predicted octanol–water partition coefficient (Wildman–Crippen LogP) is 3.68. The molecule has 0 saturated carbocycles. The molecule has 5 rings (SSSR count). The number of fused-ring (bicyclic) bond motifs is 1. The van der Waals surface area contributed by atoms with Crippen LogP contribution in [0, 0.1) is 6.92 Å². The molecule has 1 fully saturated rings. The Morgan fingerprint density at radius 3 is 2.14 bits per heavy atom. The number of aryl methyl sites for hydroxylation is 1. The van der Waals surface area contributed by atoms with Gasteiger partial charge in [0, 0.05) is 37.4 Å². The number of amides is 3. The van der Waals surface area contributed by atoms with E-state index < -0.39 is 0 Å². The van der Waals surface area contributed by atoms with Gasteiger partial charge in [0.05, 0.1) is 16.6 Å². The van der Waals surface area contributed by atoms with E-state index in [2.05, 4.69) is 10.3 Å². The zero-order chi connectivity index (χ0) is 24.4. The molecule has 1 aliphatic heterocycles. The zero-order valence-electron chi connectivity index (χ0n) is 19.3. The number of anilines is 1. The molecule has 8 nitrogen and oxygen atoms in total. The van der Waals surface area contributed by atoms with E-state index in [1.807, 2.05) is 48.5 Å². The fourth-order valence-corrected chi connectivity index (χ4v) is 4.32. The van der Waals surface area contributed by atoms with Crippen LogP contribution in [0.2, 0.25) is 0 Å². The van der Waals surface area contributed by atoms with Crippen LogP contribution in [0.15, 0.2) is 83.7 Å². The number of urea groups is 1. The molecule has 1 aliphatic rings. The maximum atomic E-state index is 13.0. The van der Waals surface area contributed by atoms with Crippen LogP contribution in [0.3, 0.4) is 0 Å². The summed E-state index contributed by atoms with van der Waals surface area (Å²) >= 11 is 0. The number of rotatable bonds is 3. The summed E-state index contributed by atoms with van der Waals surface area (Å²) in [6.45, 7) is 3.62. The number of nitrogens with zero attached hydrogens (tertiary/aromatic N) is 4. The monoisotopic (exact) mass is 467 g/mol. The molecule has 1 saturated heterocycles. The third-order valence-corrected chi connectivity index (χ3v) is 6.20. The molecule has 35 heavy (non-hydrogen) atoms. The summed E-state index contributed by atoms with van der Waals surface area (Å²) in [5.41, 5.74) is 2.46. The second-order valence-electron chi connectivity index (χ2n) is 8.44. The van der Waals surface area contributed by atoms with Crippen molar-refractivity contribution in [2.75, 3.05) is 31.5 Å². The average molecular weight is 468 g/mol. The summed E-state index contributed by atoms with van der Waals surface area (Å²) in [7, 11) is 0. The van der Waals surface area contributed by atoms with Gasteiger partial charge in [0.2, 0.25) is 0 Å². The van der Waals surface area contributed by atoms with Crippen LogP contribution in [-0.4, -0.2) is 57.5 Å². The quantitative estimate of drug-likeness (QED) is 0.498. The minimum atomic E-state index is -0.169. The van der Waals surface area contributed by atoms with Gasteiger partial charge in [0.25, 0.3) is 11.5 Å². The number of piperazine rings is 1. The fourth-order valence-electron chi connectivity index (χ4n) is 4.32. The zero-order valence-corrected chi connectivity index (χ0v) is 19.3. The number of nitrogens with one attached hydrogen (secondary N) is 1. The molecule has 0 radical (unpaired) electrons. The van der Waals surface area contributed by atoms with Crippen LogP contribution in [0.1, 0.15) is 16.2 Å². The van der Waals surface area contributed by atoms with Crippen molar-refractivity contribution in [2.45, 2.75) is 6.92 Å². The summed E-state index contributed by atoms with van der Waals surface area (Å²) in [6.07, 6.45) is 0. The number of hydrogen-bond donors (Lipinski definition) is 1. The summed E-state index contributed by atoms with van der Waals surface area (Å²) in [5, 5.41) is 3.43. The molecule has 0 aliphatic carbocycles. The Morgan fingerprint density at radius 2 is 1.43 bits per heavy atom. The minimum absolute atomic E-state index is 0.0969. The molecule has 0 spiro atoms. The van der Waals surface area contributed by atoms with Gasteiger partial charge >= 0.3 is 6.03 Å². The van der Waals surface area contributed by atoms with Crippen LogP contribution in [-0.2, 0) is 0 Å². The second-order valence-corrected chi connectivity index (χ2v) is 8.44. The van der Waals surface area contributed by atoms with Crippen LogP contribution < -0.4 is 10.9 Å². The van der Waals surface area contributed by atoms with Crippen LogP contribution >= 0.6 is 0 Å². The highest BCUT2D eigenvalue weighted by Crippen LogP contribution is 2.16. The van der Waals surface area contributed by atoms with E-state index in [1.165, 1.54) is 0 Å². The Kier molecular flexibility index (Phi) is 6.01. The summed E-state index contributed by atoms with van der Waals surface area (Å²) < 4.78 is 1.56. The van der Waals surface area contributed by atoms with Crippen molar-refractivity contribution in [3.8, 4) is 5.69 Å². The molecule has 3 amide bonds. The van der Waals surface area contributed by atoms with Crippen molar-refractivity contribution < 1.29 is 9.59 Å². The highest BCUT2D eigenvalue weighted by Gasteiger charge is 2.25. The lowest BCUT2D eigenvalue weighted by atomic mass is 10.1. The lowest BCUT2D eigenvalue weighted by molar-refractivity contribution is 0.0671. The normalized spacial score (nSPS) is 13.6. The van der Waals surface area contributed by atoms with Crippen molar-refractivity contribution in [3.05, 3.63) is 101 Å². The molecule has 0 unspecified atom stereocenters. The number of aromatic nitrogens is 2. The molecule has 8 heteroatoms. The first-order valence-electron chi connectivity index (χ1n) is 11.5. The van der Waals surface area contributed by atoms with Crippen molar-refractivity contribution in [3.63, 3.8) is 0 Å². The van der Waals surface area contributed by atoms with Crippen molar-refractivity contribution >= 4 is 28.5 Å². The Hall–Kier alpha value is -4.46. The Morgan fingerprint density at radius 1 is 0.800 bits per heavy atom. The standard InChI is InChI=1S/C27H25N5O3/c1-19-28-24-10-6-5-9-23(24)26(34)32(19)22-13-11-20(12-14-22)25(33)30-15-17-31(18-16-30)27(35)29-21-7-3-2-4-8-21/h2-14H,15-18H2,1H3,(H,29,35). The van der Waals surface area contributed by atoms with Crippen molar-refractivity contribution in [1.82, 2.24) is 19.4 Å². The van der Waals surface area contributed by atoms with Gasteiger partial charge in [-0.15, -0.1) is 0 Å². The Bertz CT molecular complexity index is 1440. The van der Waals surface area contributed by atoms with E-state index >= 15 is 0 Å². The first-order chi connectivity index (χ1) is 17.0. The maximum absolute atomic E-state index is 13.0. The molecule has 4 aromatic rings. The summed E-state index contributed by atoms with van der Waals surface area (Å²) in [6, 6.07) is 23.4. The minimum Gasteiger partial charge on any atom is -0.335 e. The predicted molar refractivity (Wildman–Crippen MR) is 135 cm³/mol. The van der Waals surface area contributed by atoms with Crippen LogP contribution in [0.5, 0.6) is 0 Å². The third kappa shape index (κ3) is 4.50. The maximum Gasteiger partial charge on any atom is 0.321 e. The van der Waals surface area contributed by atoms with Crippen molar-refractivity contribution in [2.24, 2.45) is 0 Å². The molecular weight excluding hydrogens is 442 g/mol. The smallest absolute Gasteiger partial charge is 0.321 e. The second kappa shape index (κ2) is 9.42. The highest BCUT2D eigenvalue weighted by molar-refractivity contribution is 5.95. The van der Waals surface area contributed by atoms with E-state index in [4.69, 9.17) is 0 Å². The third-order valence-electron chi connectivity index (χ3n) is 6.20. The van der Waals surface area contributed by atoms with Gasteiger partial charge in [0.15, 0.2) is 0 Å². The average Bonchev–Trinajstić information content (AvgIpc) is 2.89. The largest absolute Gasteiger partial charge is 0.335 e. The van der Waals surface area contributed by atoms with E-state index in [0.29, 0.717) is 54.2 Å². The summed E-state index contributed by atoms with van der Waals surface area (Å²) in [5.74, 6) is 0.484. The van der Waals surface area contributed by atoms with E-state index in [9.17, 15) is 14.4 Å². The molecule has 0 bridgehead atoms. The molecular formula is C27H25N5O3. The number of carbonyl (C=O) groups is 2. The van der Waals surface area contributed by atoms with Gasteiger partial charge in [0.1, 0.15) is 5.82 Å². The van der Waals surface area contributed by atoms with E-state index in [0.717, 1.165) is 5.69 Å². The number of benzene rings is 3. The lowest BCUT2D eigenvalue weighted by Crippen LogP contribution is -2.51. The first-order valence-corrected chi connectivity index (χ1v) is 11.5. The lowest BCUT2D eigenvalue weighted by Gasteiger charge is -2.34. The van der Waals surface area contributed by atoms with Gasteiger partial charge in [-0.05, 0) is 55.5 Å². The van der Waals surface area contributed by atoms with Gasteiger partial charge in [-0.3, -0.25) is 14.2 Å². The number of carbonyl (C=O) groups excluding carboxylic acids is 2. The van der Waals surface area contributed by atoms with Crippen LogP contribution in [0.25, 0.3) is 16.6 Å². The highest BCUT2D eigenvalue weighted by atomic mass is 16.2. The van der Waals surface area contributed by atoms with E-state index in [1.54, 1.807) is 51.6 Å². The number of hydrogen-bond acceptors (Lipinski definition) is 4. The molecule has 0 atom stereocenters. The topological polar surface area (TPSA) is 87.5 Å². The van der Waals surface area contributed by atoms with Gasteiger partial charge in [-0.25, -0.2) is 9.78 Å². The fraction of sp³-hybridized carbons (Fsp3) is 0.185. The first kappa shape index (κ1) is 22.3. The summed E-state index contributed by atoms with van der Waals surface area (Å²) in [4.78, 5) is 46.6. The van der Waals surface area contributed by atoms with Gasteiger partial charge < -0.3 is 15.1 Å². The van der Waals surface area contributed by atoms with Gasteiger partial charge in [-0.2, -0.15) is 0 Å². The van der Waals surface area contributed by atoms with Crippen LogP contribution in [0.4, 0.5) is 10.5 Å². The molecule has 1 aromatic heterocycles. The molecule has 176 valence electrons. The molecule has 1 N–H and O–H groups in total. The van der Waals surface area contributed by atoms with Crippen molar-refractivity contribution in [1.29, 1.82) is 0 Å². The van der Waals surface area contributed by atoms with Gasteiger partial charge in [-0.1, -0.05) is 30.3 Å². The Labute approximate surface area is 202 Å². The molecule has 3 aromatic carbocycles.